The number of halogens is 1. The molecule has 0 heterocycles. The minimum atomic E-state index is -0.477. The molecule has 0 bridgehead atoms. The molecule has 1 atom stereocenters. The van der Waals surface area contributed by atoms with Gasteiger partial charge in [-0.25, -0.2) is 4.39 Å². The van der Waals surface area contributed by atoms with Gasteiger partial charge in [-0.05, 0) is 37.3 Å². The Bertz CT molecular complexity index is 465. The van der Waals surface area contributed by atoms with Gasteiger partial charge in [-0.1, -0.05) is 18.2 Å². The number of amides is 1. The highest BCUT2D eigenvalue weighted by Crippen LogP contribution is 2.29. The topological polar surface area (TPSA) is 46.3 Å². The Hall–Kier alpha value is -1.07. The molecule has 3 nitrogen and oxygen atoms in total. The first-order valence-corrected chi connectivity index (χ1v) is 8.31. The second-order valence-electron chi connectivity index (χ2n) is 5.18. The molecule has 0 saturated heterocycles. The lowest BCUT2D eigenvalue weighted by molar-refractivity contribution is -0.133. The predicted molar refractivity (Wildman–Crippen MR) is 80.9 cm³/mol. The second-order valence-corrected chi connectivity index (χ2v) is 6.16. The third kappa shape index (κ3) is 3.96. The highest BCUT2D eigenvalue weighted by molar-refractivity contribution is 7.98. The molecule has 0 unspecified atom stereocenters. The van der Waals surface area contributed by atoms with Crippen molar-refractivity contribution >= 4 is 17.7 Å². The van der Waals surface area contributed by atoms with Crippen LogP contribution in [-0.2, 0) is 11.3 Å². The zero-order valence-corrected chi connectivity index (χ0v) is 12.5. The Balaban J connectivity index is 2.04. The maximum absolute atomic E-state index is 13.7. The number of benzene rings is 1. The maximum Gasteiger partial charge on any atom is 0.240 e. The van der Waals surface area contributed by atoms with Gasteiger partial charge in [0, 0.05) is 18.2 Å². The summed E-state index contributed by atoms with van der Waals surface area (Å²) >= 11 is 1.68. The third-order valence-corrected chi connectivity index (χ3v) is 4.16. The van der Waals surface area contributed by atoms with Crippen LogP contribution >= 0.6 is 11.8 Å². The van der Waals surface area contributed by atoms with Gasteiger partial charge in [-0.2, -0.15) is 11.8 Å². The fourth-order valence-corrected chi connectivity index (χ4v) is 2.65. The lowest BCUT2D eigenvalue weighted by Gasteiger charge is -2.26. The summed E-state index contributed by atoms with van der Waals surface area (Å²) in [6.07, 6.45) is 4.65. The van der Waals surface area contributed by atoms with Gasteiger partial charge in [0.2, 0.25) is 5.91 Å². The molecule has 20 heavy (non-hydrogen) atoms. The first-order valence-electron chi connectivity index (χ1n) is 6.92. The molecule has 1 amide bonds. The van der Waals surface area contributed by atoms with Crippen molar-refractivity contribution in [3.05, 3.63) is 35.6 Å². The molecule has 0 radical (unpaired) electrons. The molecule has 110 valence electrons. The van der Waals surface area contributed by atoms with E-state index in [1.807, 2.05) is 6.26 Å². The lowest BCUT2D eigenvalue weighted by atomic mass is 10.1. The Morgan fingerprint density at radius 2 is 2.20 bits per heavy atom. The van der Waals surface area contributed by atoms with E-state index in [4.69, 9.17) is 5.73 Å². The van der Waals surface area contributed by atoms with E-state index in [9.17, 15) is 9.18 Å². The van der Waals surface area contributed by atoms with Gasteiger partial charge in [0.25, 0.3) is 0 Å². The van der Waals surface area contributed by atoms with Crippen LogP contribution in [-0.4, -0.2) is 34.9 Å². The molecular weight excluding hydrogens is 275 g/mol. The van der Waals surface area contributed by atoms with Crippen molar-refractivity contribution in [3.63, 3.8) is 0 Å². The maximum atomic E-state index is 13.7. The van der Waals surface area contributed by atoms with Crippen molar-refractivity contribution in [1.82, 2.24) is 4.90 Å². The minimum Gasteiger partial charge on any atom is -0.334 e. The molecule has 1 saturated carbocycles. The van der Waals surface area contributed by atoms with Gasteiger partial charge in [-0.15, -0.1) is 0 Å². The number of nitrogens with two attached hydrogens (primary N) is 1. The normalized spacial score (nSPS) is 15.9. The summed E-state index contributed by atoms with van der Waals surface area (Å²) in [5, 5.41) is 0. The molecule has 2 rings (SSSR count). The van der Waals surface area contributed by atoms with Gasteiger partial charge in [-0.3, -0.25) is 4.79 Å². The van der Waals surface area contributed by atoms with Crippen LogP contribution in [0, 0.1) is 5.82 Å². The number of thioether (sulfide) groups is 1. The van der Waals surface area contributed by atoms with E-state index in [2.05, 4.69) is 0 Å². The van der Waals surface area contributed by atoms with Gasteiger partial charge in [0.05, 0.1) is 6.04 Å². The van der Waals surface area contributed by atoms with E-state index in [0.29, 0.717) is 18.5 Å². The van der Waals surface area contributed by atoms with Crippen LogP contribution in [0.1, 0.15) is 24.8 Å². The Morgan fingerprint density at radius 3 is 2.80 bits per heavy atom. The summed E-state index contributed by atoms with van der Waals surface area (Å²) < 4.78 is 13.7. The molecular formula is C15H21FN2OS. The van der Waals surface area contributed by atoms with E-state index in [1.165, 1.54) is 6.07 Å². The van der Waals surface area contributed by atoms with E-state index < -0.39 is 6.04 Å². The van der Waals surface area contributed by atoms with Gasteiger partial charge < -0.3 is 10.6 Å². The smallest absolute Gasteiger partial charge is 0.240 e. The minimum absolute atomic E-state index is 0.0511. The summed E-state index contributed by atoms with van der Waals surface area (Å²) in [6.45, 7) is 0.323. The molecule has 0 spiro atoms. The average molecular weight is 296 g/mol. The molecule has 2 N–H and O–H groups in total. The number of carbonyl (C=O) groups is 1. The molecule has 1 aromatic carbocycles. The molecule has 5 heteroatoms. The van der Waals surface area contributed by atoms with Crippen LogP contribution in [0.4, 0.5) is 4.39 Å². The Kier molecular flexibility index (Phi) is 5.43. The van der Waals surface area contributed by atoms with Crippen molar-refractivity contribution in [2.45, 2.75) is 37.9 Å². The van der Waals surface area contributed by atoms with Crippen LogP contribution in [0.2, 0.25) is 0 Å². The fraction of sp³-hybridized carbons (Fsp3) is 0.533. The van der Waals surface area contributed by atoms with Crippen molar-refractivity contribution in [3.8, 4) is 0 Å². The average Bonchev–Trinajstić information content (AvgIpc) is 3.27. The third-order valence-electron chi connectivity index (χ3n) is 3.52. The van der Waals surface area contributed by atoms with Gasteiger partial charge in [0.15, 0.2) is 0 Å². The summed E-state index contributed by atoms with van der Waals surface area (Å²) in [5.41, 5.74) is 6.52. The van der Waals surface area contributed by atoms with Crippen molar-refractivity contribution in [1.29, 1.82) is 0 Å². The van der Waals surface area contributed by atoms with E-state index in [0.717, 1.165) is 18.6 Å². The molecule has 0 aliphatic heterocycles. The first kappa shape index (κ1) is 15.3. The lowest BCUT2D eigenvalue weighted by Crippen LogP contribution is -2.44. The molecule has 1 aromatic rings. The summed E-state index contributed by atoms with van der Waals surface area (Å²) in [5.74, 6) is 0.555. The van der Waals surface area contributed by atoms with Crippen LogP contribution in [0.25, 0.3) is 0 Å². The van der Waals surface area contributed by atoms with Crippen molar-refractivity contribution in [2.24, 2.45) is 5.73 Å². The number of carbonyl (C=O) groups excluding carboxylic acids is 1. The van der Waals surface area contributed by atoms with Crippen LogP contribution in [0.15, 0.2) is 24.3 Å². The molecule has 1 aliphatic carbocycles. The second kappa shape index (κ2) is 7.09. The largest absolute Gasteiger partial charge is 0.334 e. The van der Waals surface area contributed by atoms with Crippen molar-refractivity contribution in [2.75, 3.05) is 12.0 Å². The number of rotatable bonds is 7. The molecule has 1 aliphatic rings. The number of hydrogen-bond donors (Lipinski definition) is 1. The monoisotopic (exact) mass is 296 g/mol. The van der Waals surface area contributed by atoms with E-state index in [1.54, 1.807) is 34.9 Å². The first-order chi connectivity index (χ1) is 9.63. The SMILES string of the molecule is CSCC[C@H](N)C(=O)N(Cc1ccccc1F)C1CC1. The quantitative estimate of drug-likeness (QED) is 0.840. The van der Waals surface area contributed by atoms with E-state index in [-0.39, 0.29) is 17.8 Å². The van der Waals surface area contributed by atoms with Crippen molar-refractivity contribution < 1.29 is 9.18 Å². The highest BCUT2D eigenvalue weighted by atomic mass is 32.2. The zero-order chi connectivity index (χ0) is 14.5. The number of hydrogen-bond acceptors (Lipinski definition) is 3. The summed E-state index contributed by atoms with van der Waals surface area (Å²) in [6, 6.07) is 6.37. The van der Waals surface area contributed by atoms with Crippen LogP contribution < -0.4 is 5.73 Å². The van der Waals surface area contributed by atoms with E-state index >= 15 is 0 Å². The van der Waals surface area contributed by atoms with Gasteiger partial charge in [0.1, 0.15) is 5.82 Å². The Labute approximate surface area is 123 Å². The van der Waals surface area contributed by atoms with Gasteiger partial charge >= 0.3 is 0 Å². The standard InChI is InChI=1S/C15H21FN2OS/c1-20-9-8-14(17)15(19)18(12-6-7-12)10-11-4-2-3-5-13(11)16/h2-5,12,14H,6-10,17H2,1H3/t14-/m0/s1. The Morgan fingerprint density at radius 1 is 1.50 bits per heavy atom. The van der Waals surface area contributed by atoms with Crippen LogP contribution in [0.5, 0.6) is 0 Å². The fourth-order valence-electron chi connectivity index (χ4n) is 2.16. The number of nitrogens with zero attached hydrogens (tertiary/aromatic N) is 1. The predicted octanol–water partition coefficient (Wildman–Crippen LogP) is 2.40. The highest BCUT2D eigenvalue weighted by Gasteiger charge is 2.34. The zero-order valence-electron chi connectivity index (χ0n) is 11.7. The summed E-state index contributed by atoms with van der Waals surface area (Å²) in [7, 11) is 0. The summed E-state index contributed by atoms with van der Waals surface area (Å²) in [4.78, 5) is 14.2. The van der Waals surface area contributed by atoms with Crippen LogP contribution in [0.3, 0.4) is 0 Å². The molecule has 0 aromatic heterocycles. The molecule has 1 fully saturated rings.